The topological polar surface area (TPSA) is 108 Å². The van der Waals surface area contributed by atoms with Crippen molar-refractivity contribution >= 4 is 23.1 Å². The van der Waals surface area contributed by atoms with Gasteiger partial charge in [-0.1, -0.05) is 36.4 Å². The Morgan fingerprint density at radius 3 is 2.47 bits per heavy atom. The number of aromatic nitrogens is 5. The molecule has 0 atom stereocenters. The van der Waals surface area contributed by atoms with Gasteiger partial charge in [-0.25, -0.2) is 13.8 Å². The van der Waals surface area contributed by atoms with E-state index in [1.54, 1.807) is 42.5 Å². The van der Waals surface area contributed by atoms with Gasteiger partial charge in [0, 0.05) is 17.8 Å². The SMILES string of the molecule is O=c1c([N+](=O)[O-])c(Sc2nnc(-c3ccccc3)n2-c2ccc(F)cc2F)nc2ccccn12. The van der Waals surface area contributed by atoms with Crippen LogP contribution in [0.2, 0.25) is 0 Å². The molecule has 168 valence electrons. The molecule has 34 heavy (non-hydrogen) atoms. The summed E-state index contributed by atoms with van der Waals surface area (Å²) in [7, 11) is 0. The Balaban J connectivity index is 1.74. The molecule has 0 N–H and O–H groups in total. The van der Waals surface area contributed by atoms with Gasteiger partial charge >= 0.3 is 11.2 Å². The van der Waals surface area contributed by atoms with Crippen molar-refractivity contribution in [2.75, 3.05) is 0 Å². The summed E-state index contributed by atoms with van der Waals surface area (Å²) in [4.78, 5) is 28.0. The summed E-state index contributed by atoms with van der Waals surface area (Å²) in [6.45, 7) is 0. The molecule has 0 amide bonds. The second-order valence-electron chi connectivity index (χ2n) is 6.96. The Labute approximate surface area is 193 Å². The van der Waals surface area contributed by atoms with Crippen LogP contribution in [0.4, 0.5) is 14.5 Å². The molecule has 3 aromatic heterocycles. The lowest BCUT2D eigenvalue weighted by molar-refractivity contribution is -0.389. The molecular weight excluding hydrogens is 466 g/mol. The van der Waals surface area contributed by atoms with E-state index < -0.39 is 27.8 Å². The third kappa shape index (κ3) is 3.69. The van der Waals surface area contributed by atoms with E-state index in [0.29, 0.717) is 23.4 Å². The fourth-order valence-electron chi connectivity index (χ4n) is 3.36. The van der Waals surface area contributed by atoms with E-state index in [9.17, 15) is 23.7 Å². The molecule has 0 aliphatic carbocycles. The fourth-order valence-corrected chi connectivity index (χ4v) is 4.29. The molecule has 0 aliphatic rings. The highest BCUT2D eigenvalue weighted by atomic mass is 32.2. The zero-order valence-electron chi connectivity index (χ0n) is 17.0. The first kappa shape index (κ1) is 21.4. The number of nitrogens with zero attached hydrogens (tertiary/aromatic N) is 6. The smallest absolute Gasteiger partial charge is 0.267 e. The molecule has 5 aromatic rings. The summed E-state index contributed by atoms with van der Waals surface area (Å²) in [5, 5.41) is 19.7. The van der Waals surface area contributed by atoms with Crippen LogP contribution in [-0.4, -0.2) is 29.1 Å². The molecule has 0 saturated carbocycles. The predicted molar refractivity (Wildman–Crippen MR) is 119 cm³/mol. The molecule has 0 saturated heterocycles. The normalized spacial score (nSPS) is 11.1. The minimum atomic E-state index is -0.889. The van der Waals surface area contributed by atoms with Crippen LogP contribution in [0.3, 0.4) is 0 Å². The van der Waals surface area contributed by atoms with E-state index in [2.05, 4.69) is 15.2 Å². The van der Waals surface area contributed by atoms with Gasteiger partial charge in [0.15, 0.2) is 10.9 Å². The molecule has 0 spiro atoms. The molecule has 0 radical (unpaired) electrons. The van der Waals surface area contributed by atoms with Gasteiger partial charge in [0.2, 0.25) is 5.16 Å². The number of nitro groups is 1. The molecule has 9 nitrogen and oxygen atoms in total. The third-order valence-corrected chi connectivity index (χ3v) is 5.79. The molecular formula is C22H12F2N6O3S. The van der Waals surface area contributed by atoms with Gasteiger partial charge < -0.3 is 0 Å². The Morgan fingerprint density at radius 1 is 0.971 bits per heavy atom. The highest BCUT2D eigenvalue weighted by Gasteiger charge is 2.28. The van der Waals surface area contributed by atoms with E-state index in [0.717, 1.165) is 10.5 Å². The minimum Gasteiger partial charge on any atom is -0.267 e. The maximum absolute atomic E-state index is 14.8. The van der Waals surface area contributed by atoms with Crippen LogP contribution in [0.1, 0.15) is 0 Å². The Hall–Kier alpha value is -4.45. The predicted octanol–water partition coefficient (Wildman–Crippen LogP) is 4.28. The van der Waals surface area contributed by atoms with Crippen molar-refractivity contribution in [3.05, 3.63) is 105 Å². The summed E-state index contributed by atoms with van der Waals surface area (Å²) < 4.78 is 30.7. The van der Waals surface area contributed by atoms with Crippen LogP contribution < -0.4 is 5.56 Å². The molecule has 0 fully saturated rings. The van der Waals surface area contributed by atoms with E-state index >= 15 is 0 Å². The molecule has 2 aromatic carbocycles. The lowest BCUT2D eigenvalue weighted by atomic mass is 10.2. The number of pyridine rings is 1. The van der Waals surface area contributed by atoms with Gasteiger partial charge in [0.25, 0.3) is 0 Å². The van der Waals surface area contributed by atoms with Crippen molar-refractivity contribution in [2.24, 2.45) is 0 Å². The van der Waals surface area contributed by atoms with Crippen molar-refractivity contribution in [3.8, 4) is 17.1 Å². The van der Waals surface area contributed by atoms with Gasteiger partial charge in [0.1, 0.15) is 17.3 Å². The van der Waals surface area contributed by atoms with Crippen molar-refractivity contribution < 1.29 is 13.7 Å². The largest absolute Gasteiger partial charge is 0.366 e. The summed E-state index contributed by atoms with van der Waals surface area (Å²) in [6, 6.07) is 16.4. The third-order valence-electron chi connectivity index (χ3n) is 4.86. The second-order valence-corrected chi connectivity index (χ2v) is 7.92. The van der Waals surface area contributed by atoms with Crippen LogP contribution in [0, 0.1) is 21.7 Å². The first-order chi connectivity index (χ1) is 16.4. The number of hydrogen-bond acceptors (Lipinski definition) is 7. The van der Waals surface area contributed by atoms with Crippen LogP contribution >= 0.6 is 11.8 Å². The van der Waals surface area contributed by atoms with Crippen LogP contribution in [0.25, 0.3) is 22.7 Å². The summed E-state index contributed by atoms with van der Waals surface area (Å²) in [5.41, 5.74) is -0.952. The number of halogens is 2. The van der Waals surface area contributed by atoms with Gasteiger partial charge in [-0.05, 0) is 36.0 Å². The monoisotopic (exact) mass is 478 g/mol. The quantitative estimate of drug-likeness (QED) is 0.211. The zero-order chi connectivity index (χ0) is 23.8. The average molecular weight is 478 g/mol. The lowest BCUT2D eigenvalue weighted by Gasteiger charge is -2.11. The lowest BCUT2D eigenvalue weighted by Crippen LogP contribution is -2.19. The first-order valence-corrected chi connectivity index (χ1v) is 10.6. The Kier molecular flexibility index (Phi) is 5.34. The van der Waals surface area contributed by atoms with Gasteiger partial charge in [-0.15, -0.1) is 10.2 Å². The van der Waals surface area contributed by atoms with Crippen LogP contribution in [-0.2, 0) is 0 Å². The van der Waals surface area contributed by atoms with E-state index in [-0.39, 0.29) is 27.3 Å². The number of fused-ring (bicyclic) bond motifs is 1. The van der Waals surface area contributed by atoms with Gasteiger partial charge in [0.05, 0.1) is 10.6 Å². The molecule has 3 heterocycles. The minimum absolute atomic E-state index is 0.000331. The molecule has 0 unspecified atom stereocenters. The number of benzene rings is 2. The first-order valence-electron chi connectivity index (χ1n) is 9.74. The highest BCUT2D eigenvalue weighted by molar-refractivity contribution is 7.99. The number of hydrogen-bond donors (Lipinski definition) is 0. The summed E-state index contributed by atoms with van der Waals surface area (Å²) in [5.74, 6) is -1.45. The molecule has 0 bridgehead atoms. The Bertz CT molecular complexity index is 1620. The summed E-state index contributed by atoms with van der Waals surface area (Å²) >= 11 is 0.684. The second kappa shape index (κ2) is 8.48. The average Bonchev–Trinajstić information content (AvgIpc) is 3.23. The molecule has 12 heteroatoms. The maximum Gasteiger partial charge on any atom is 0.366 e. The van der Waals surface area contributed by atoms with E-state index in [1.807, 2.05) is 0 Å². The van der Waals surface area contributed by atoms with Gasteiger partial charge in [-0.2, -0.15) is 0 Å². The Morgan fingerprint density at radius 2 is 1.74 bits per heavy atom. The molecule has 5 rings (SSSR count). The standard InChI is InChI=1S/C22H12F2N6O3S/c23-14-9-10-16(15(24)12-14)29-19(13-6-2-1-3-7-13)26-27-22(29)34-20-18(30(32)33)21(31)28-11-5-4-8-17(28)25-20/h1-12H. The van der Waals surface area contributed by atoms with Crippen molar-refractivity contribution in [1.82, 2.24) is 24.1 Å². The summed E-state index contributed by atoms with van der Waals surface area (Å²) in [6.07, 6.45) is 1.37. The zero-order valence-corrected chi connectivity index (χ0v) is 17.8. The maximum atomic E-state index is 14.8. The van der Waals surface area contributed by atoms with Crippen molar-refractivity contribution in [2.45, 2.75) is 10.2 Å². The fraction of sp³-hybridized carbons (Fsp3) is 0. The molecule has 0 aliphatic heterocycles. The van der Waals surface area contributed by atoms with Crippen LogP contribution in [0.5, 0.6) is 0 Å². The van der Waals surface area contributed by atoms with E-state index in [4.69, 9.17) is 0 Å². The van der Waals surface area contributed by atoms with Crippen molar-refractivity contribution in [1.29, 1.82) is 0 Å². The van der Waals surface area contributed by atoms with Gasteiger partial charge in [-0.3, -0.25) is 23.9 Å². The van der Waals surface area contributed by atoms with Crippen LogP contribution in [0.15, 0.2) is 87.9 Å². The van der Waals surface area contributed by atoms with Crippen molar-refractivity contribution in [3.63, 3.8) is 0 Å². The van der Waals surface area contributed by atoms with E-state index in [1.165, 1.54) is 22.9 Å². The number of rotatable bonds is 5. The highest BCUT2D eigenvalue weighted by Crippen LogP contribution is 2.35.